The van der Waals surface area contributed by atoms with Gasteiger partial charge in [-0.05, 0) is 48.6 Å². The van der Waals surface area contributed by atoms with Crippen LogP contribution < -0.4 is 5.32 Å². The minimum atomic E-state index is 0.504. The zero-order valence-corrected chi connectivity index (χ0v) is 17.5. The summed E-state index contributed by atoms with van der Waals surface area (Å²) in [4.78, 5) is 4.29. The second-order valence-corrected chi connectivity index (χ2v) is 6.91. The zero-order valence-electron chi connectivity index (χ0n) is 17.5. The van der Waals surface area contributed by atoms with Gasteiger partial charge < -0.3 is 14.8 Å². The lowest BCUT2D eigenvalue weighted by atomic mass is 9.97. The summed E-state index contributed by atoms with van der Waals surface area (Å²) in [6.07, 6.45) is 4.60. The molecule has 0 bridgehead atoms. The van der Waals surface area contributed by atoms with Crippen molar-refractivity contribution in [3.63, 3.8) is 0 Å². The molecule has 0 heterocycles. The van der Waals surface area contributed by atoms with Crippen molar-refractivity contribution in [3.8, 4) is 0 Å². The minimum Gasteiger partial charge on any atom is -0.478 e. The second-order valence-electron chi connectivity index (χ2n) is 6.91. The summed E-state index contributed by atoms with van der Waals surface area (Å²) in [6, 6.07) is 6.22. The maximum absolute atomic E-state index is 5.54. The molecule has 0 aliphatic rings. The molecule has 148 valence electrons. The summed E-state index contributed by atoms with van der Waals surface area (Å²) in [5.41, 5.74) is 4.93. The number of anilines is 1. The SMILES string of the molecule is C=C(/C=C\N=C(C)OCCOCCC(C)C)C(=C)c1cc(C)ccc1NC. The molecule has 1 N–H and O–H groups in total. The average Bonchev–Trinajstić information content (AvgIpc) is 2.63. The number of hydrogen-bond donors (Lipinski definition) is 1. The van der Waals surface area contributed by atoms with Crippen LogP contribution in [0.3, 0.4) is 0 Å². The van der Waals surface area contributed by atoms with Crippen LogP contribution in [-0.2, 0) is 9.47 Å². The quantitative estimate of drug-likeness (QED) is 0.238. The standard InChI is InChI=1S/C23H34N2O2/c1-17(2)11-13-26-14-15-27-21(6)25-12-10-19(4)20(5)22-16-18(3)8-9-23(22)24-7/h8-10,12,16-17,24H,4-5,11,13-15H2,1-3,6-7H3/b12-10-,25-21?. The van der Waals surface area contributed by atoms with Crippen molar-refractivity contribution in [2.24, 2.45) is 10.9 Å². The maximum atomic E-state index is 5.54. The molecule has 4 nitrogen and oxygen atoms in total. The van der Waals surface area contributed by atoms with E-state index in [1.54, 1.807) is 6.20 Å². The first kappa shape index (κ1) is 22.7. The van der Waals surface area contributed by atoms with Gasteiger partial charge in [0.1, 0.15) is 6.61 Å². The van der Waals surface area contributed by atoms with E-state index in [9.17, 15) is 0 Å². The Labute approximate surface area is 164 Å². The van der Waals surface area contributed by atoms with Crippen LogP contribution in [0.15, 0.2) is 54.2 Å². The van der Waals surface area contributed by atoms with Gasteiger partial charge in [0.25, 0.3) is 0 Å². The molecule has 0 saturated carbocycles. The lowest BCUT2D eigenvalue weighted by molar-refractivity contribution is 0.0889. The largest absolute Gasteiger partial charge is 0.478 e. The van der Waals surface area contributed by atoms with Crippen molar-refractivity contribution in [1.29, 1.82) is 0 Å². The van der Waals surface area contributed by atoms with E-state index in [2.05, 4.69) is 56.4 Å². The summed E-state index contributed by atoms with van der Waals surface area (Å²) < 4.78 is 11.1. The molecule has 0 atom stereocenters. The van der Waals surface area contributed by atoms with E-state index in [-0.39, 0.29) is 0 Å². The van der Waals surface area contributed by atoms with Gasteiger partial charge in [0, 0.05) is 38.0 Å². The van der Waals surface area contributed by atoms with Gasteiger partial charge in [0.05, 0.1) is 6.61 Å². The summed E-state index contributed by atoms with van der Waals surface area (Å²) in [6.45, 7) is 18.4. The number of ether oxygens (including phenoxy) is 2. The molecule has 0 saturated heterocycles. The Morgan fingerprint density at radius 1 is 1.22 bits per heavy atom. The van der Waals surface area contributed by atoms with E-state index in [1.807, 2.05) is 26.1 Å². The molecule has 0 aliphatic carbocycles. The Balaban J connectivity index is 2.49. The average molecular weight is 371 g/mol. The minimum absolute atomic E-state index is 0.504. The molecular formula is C23H34N2O2. The first-order valence-corrected chi connectivity index (χ1v) is 9.43. The van der Waals surface area contributed by atoms with Crippen LogP contribution in [0.25, 0.3) is 5.57 Å². The number of benzene rings is 1. The van der Waals surface area contributed by atoms with Gasteiger partial charge in [-0.1, -0.05) is 38.6 Å². The topological polar surface area (TPSA) is 42.9 Å². The van der Waals surface area contributed by atoms with Gasteiger partial charge in [-0.15, -0.1) is 0 Å². The first-order chi connectivity index (χ1) is 12.8. The predicted octanol–water partition coefficient (Wildman–Crippen LogP) is 5.62. The molecular weight excluding hydrogens is 336 g/mol. The zero-order chi connectivity index (χ0) is 20.2. The van der Waals surface area contributed by atoms with E-state index >= 15 is 0 Å². The normalized spacial score (nSPS) is 11.9. The lowest BCUT2D eigenvalue weighted by Gasteiger charge is -2.13. The Bertz CT molecular complexity index is 688. The smallest absolute Gasteiger partial charge is 0.184 e. The van der Waals surface area contributed by atoms with E-state index < -0.39 is 0 Å². The highest BCUT2D eigenvalue weighted by molar-refractivity contribution is 5.86. The van der Waals surface area contributed by atoms with Crippen molar-refractivity contribution < 1.29 is 9.47 Å². The van der Waals surface area contributed by atoms with Crippen molar-refractivity contribution in [1.82, 2.24) is 0 Å². The summed E-state index contributed by atoms with van der Waals surface area (Å²) >= 11 is 0. The highest BCUT2D eigenvalue weighted by Crippen LogP contribution is 2.28. The first-order valence-electron chi connectivity index (χ1n) is 9.43. The van der Waals surface area contributed by atoms with Crippen molar-refractivity contribution in [2.45, 2.75) is 34.1 Å². The molecule has 1 aromatic carbocycles. The van der Waals surface area contributed by atoms with Crippen LogP contribution in [0.4, 0.5) is 5.69 Å². The molecule has 0 radical (unpaired) electrons. The van der Waals surface area contributed by atoms with Gasteiger partial charge in [-0.25, -0.2) is 4.99 Å². The van der Waals surface area contributed by atoms with E-state index in [0.717, 1.165) is 35.4 Å². The van der Waals surface area contributed by atoms with Crippen LogP contribution in [0, 0.1) is 12.8 Å². The fourth-order valence-electron chi connectivity index (χ4n) is 2.34. The van der Waals surface area contributed by atoms with Crippen molar-refractivity contribution in [2.75, 3.05) is 32.2 Å². The monoisotopic (exact) mass is 370 g/mol. The van der Waals surface area contributed by atoms with Crippen LogP contribution in [0.5, 0.6) is 0 Å². The Kier molecular flexibility index (Phi) is 10.2. The number of nitrogens with one attached hydrogen (secondary N) is 1. The maximum Gasteiger partial charge on any atom is 0.184 e. The molecule has 0 fully saturated rings. The van der Waals surface area contributed by atoms with E-state index in [4.69, 9.17) is 9.47 Å². The van der Waals surface area contributed by atoms with Gasteiger partial charge in [0.2, 0.25) is 0 Å². The molecule has 1 aromatic rings. The van der Waals surface area contributed by atoms with Crippen LogP contribution in [0.2, 0.25) is 0 Å². The van der Waals surface area contributed by atoms with Gasteiger partial charge >= 0.3 is 0 Å². The Morgan fingerprint density at radius 3 is 2.63 bits per heavy atom. The second kappa shape index (κ2) is 12.1. The molecule has 0 spiro atoms. The molecule has 0 unspecified atom stereocenters. The summed E-state index contributed by atoms with van der Waals surface area (Å²) in [7, 11) is 1.90. The molecule has 4 heteroatoms. The Morgan fingerprint density at radius 2 is 1.96 bits per heavy atom. The van der Waals surface area contributed by atoms with Crippen LogP contribution in [-0.4, -0.2) is 32.8 Å². The predicted molar refractivity (Wildman–Crippen MR) is 117 cm³/mol. The summed E-state index contributed by atoms with van der Waals surface area (Å²) in [5.74, 6) is 1.26. The molecule has 27 heavy (non-hydrogen) atoms. The van der Waals surface area contributed by atoms with Gasteiger partial charge in [-0.3, -0.25) is 0 Å². The van der Waals surface area contributed by atoms with Crippen molar-refractivity contribution >= 4 is 17.2 Å². The van der Waals surface area contributed by atoms with Crippen molar-refractivity contribution in [3.05, 3.63) is 60.3 Å². The van der Waals surface area contributed by atoms with Crippen LogP contribution in [0.1, 0.15) is 38.3 Å². The molecule has 0 aliphatic heterocycles. The van der Waals surface area contributed by atoms with Gasteiger partial charge in [0.15, 0.2) is 5.90 Å². The number of nitrogens with zero attached hydrogens (tertiary/aromatic N) is 1. The molecule has 0 aromatic heterocycles. The molecule has 0 amide bonds. The number of aryl methyl sites for hydroxylation is 1. The van der Waals surface area contributed by atoms with E-state index in [0.29, 0.717) is 25.0 Å². The van der Waals surface area contributed by atoms with Crippen LogP contribution >= 0.6 is 0 Å². The number of rotatable bonds is 11. The number of aliphatic imine (C=N–C) groups is 1. The highest BCUT2D eigenvalue weighted by Gasteiger charge is 2.07. The molecule has 1 rings (SSSR count). The lowest BCUT2D eigenvalue weighted by Crippen LogP contribution is -2.09. The third kappa shape index (κ3) is 8.74. The third-order valence-corrected chi connectivity index (χ3v) is 4.07. The Hall–Kier alpha value is -2.33. The fourth-order valence-corrected chi connectivity index (χ4v) is 2.34. The van der Waals surface area contributed by atoms with E-state index in [1.165, 1.54) is 5.56 Å². The highest BCUT2D eigenvalue weighted by atomic mass is 16.5. The number of hydrogen-bond acceptors (Lipinski definition) is 4. The van der Waals surface area contributed by atoms with Gasteiger partial charge in [-0.2, -0.15) is 0 Å². The fraction of sp³-hybridized carbons (Fsp3) is 0.435. The third-order valence-electron chi connectivity index (χ3n) is 4.07. The number of allylic oxidation sites excluding steroid dienone is 3. The summed E-state index contributed by atoms with van der Waals surface area (Å²) in [5, 5.41) is 3.19.